The number of benzene rings is 1. The molecule has 5 heteroatoms. The van der Waals surface area contributed by atoms with Gasteiger partial charge in [0.05, 0.1) is 18.5 Å². The molecule has 0 unspecified atom stereocenters. The zero-order valence-corrected chi connectivity index (χ0v) is 8.83. The fourth-order valence-corrected chi connectivity index (χ4v) is 1.25. The normalized spacial score (nSPS) is 10.1. The first-order valence-corrected chi connectivity index (χ1v) is 4.96. The van der Waals surface area contributed by atoms with Crippen molar-refractivity contribution in [1.29, 1.82) is 0 Å². The highest BCUT2D eigenvalue weighted by atomic mass is 16.5. The fraction of sp³-hybridized carbons (Fsp3) is 0.182. The summed E-state index contributed by atoms with van der Waals surface area (Å²) in [6.45, 7) is 2.08. The maximum absolute atomic E-state index is 11.4. The molecular weight excluding hydrogens is 206 g/mol. The summed E-state index contributed by atoms with van der Waals surface area (Å²) in [4.78, 5) is 12.7. The molecule has 1 aromatic heterocycles. The topological polar surface area (TPSA) is 57.0 Å². The number of rotatable bonds is 3. The van der Waals surface area contributed by atoms with Gasteiger partial charge in [0.1, 0.15) is 0 Å². The van der Waals surface area contributed by atoms with Crippen molar-refractivity contribution in [2.45, 2.75) is 6.92 Å². The first-order chi connectivity index (χ1) is 7.81. The summed E-state index contributed by atoms with van der Waals surface area (Å²) in [5.74, 6) is -0.454. The van der Waals surface area contributed by atoms with Crippen LogP contribution in [0.2, 0.25) is 0 Å². The number of esters is 1. The van der Waals surface area contributed by atoms with E-state index >= 15 is 0 Å². The molecule has 0 radical (unpaired) electrons. The van der Waals surface area contributed by atoms with Crippen LogP contribution in [0.25, 0.3) is 5.69 Å². The van der Waals surface area contributed by atoms with Gasteiger partial charge in [0, 0.05) is 0 Å². The van der Waals surface area contributed by atoms with E-state index in [4.69, 9.17) is 4.74 Å². The smallest absolute Gasteiger partial charge is 0.360 e. The molecule has 0 atom stereocenters. The largest absolute Gasteiger partial charge is 0.461 e. The maximum atomic E-state index is 11.4. The molecule has 2 rings (SSSR count). The Balaban J connectivity index is 2.23. The highest BCUT2D eigenvalue weighted by Gasteiger charge is 2.11. The molecule has 0 bridgehead atoms. The number of hydrogen-bond donors (Lipinski definition) is 0. The molecule has 16 heavy (non-hydrogen) atoms. The fourth-order valence-electron chi connectivity index (χ4n) is 1.25. The lowest BCUT2D eigenvalue weighted by molar-refractivity contribution is 0.0519. The Hall–Kier alpha value is -2.17. The second-order valence-corrected chi connectivity index (χ2v) is 3.08. The van der Waals surface area contributed by atoms with Crippen molar-refractivity contribution < 1.29 is 9.53 Å². The third-order valence-corrected chi connectivity index (χ3v) is 1.96. The van der Waals surface area contributed by atoms with Crippen LogP contribution in [-0.4, -0.2) is 27.6 Å². The van der Waals surface area contributed by atoms with E-state index in [1.54, 1.807) is 6.92 Å². The average Bonchev–Trinajstić information content (AvgIpc) is 2.80. The van der Waals surface area contributed by atoms with Crippen LogP contribution >= 0.6 is 0 Å². The quantitative estimate of drug-likeness (QED) is 0.730. The Bertz CT molecular complexity index is 479. The van der Waals surface area contributed by atoms with Crippen LogP contribution in [0, 0.1) is 0 Å². The Labute approximate surface area is 92.7 Å². The van der Waals surface area contributed by atoms with Gasteiger partial charge in [-0.1, -0.05) is 18.2 Å². The van der Waals surface area contributed by atoms with Crippen molar-refractivity contribution in [3.05, 3.63) is 42.2 Å². The third-order valence-electron chi connectivity index (χ3n) is 1.96. The molecule has 82 valence electrons. The number of carbonyl (C=O) groups is 1. The monoisotopic (exact) mass is 217 g/mol. The molecule has 5 nitrogen and oxygen atoms in total. The highest BCUT2D eigenvalue weighted by molar-refractivity contribution is 5.86. The summed E-state index contributed by atoms with van der Waals surface area (Å²) in [7, 11) is 0. The van der Waals surface area contributed by atoms with Crippen LogP contribution < -0.4 is 0 Å². The summed E-state index contributed by atoms with van der Waals surface area (Å²) >= 11 is 0. The number of nitrogens with zero attached hydrogens (tertiary/aromatic N) is 3. The van der Waals surface area contributed by atoms with Crippen LogP contribution in [0.1, 0.15) is 17.4 Å². The average molecular weight is 217 g/mol. The van der Waals surface area contributed by atoms with Crippen molar-refractivity contribution in [3.8, 4) is 5.69 Å². The third kappa shape index (κ3) is 2.08. The van der Waals surface area contributed by atoms with E-state index in [0.717, 1.165) is 5.69 Å². The van der Waals surface area contributed by atoms with Crippen LogP contribution in [0.15, 0.2) is 36.5 Å². The van der Waals surface area contributed by atoms with Crippen molar-refractivity contribution in [2.24, 2.45) is 0 Å². The van der Waals surface area contributed by atoms with E-state index < -0.39 is 5.97 Å². The van der Waals surface area contributed by atoms with Crippen LogP contribution in [-0.2, 0) is 4.74 Å². The molecule has 0 aliphatic rings. The van der Waals surface area contributed by atoms with E-state index in [2.05, 4.69) is 10.2 Å². The van der Waals surface area contributed by atoms with Gasteiger partial charge in [0.15, 0.2) is 5.69 Å². The molecule has 0 fully saturated rings. The molecule has 1 aromatic carbocycles. The van der Waals surface area contributed by atoms with Crippen LogP contribution in [0.3, 0.4) is 0 Å². The van der Waals surface area contributed by atoms with Crippen molar-refractivity contribution in [3.63, 3.8) is 0 Å². The summed E-state index contributed by atoms with van der Waals surface area (Å²) in [5.41, 5.74) is 1.02. The van der Waals surface area contributed by atoms with Crippen LogP contribution in [0.5, 0.6) is 0 Å². The maximum Gasteiger partial charge on any atom is 0.360 e. The Morgan fingerprint density at radius 2 is 2.12 bits per heavy atom. The first kappa shape index (κ1) is 10.4. The summed E-state index contributed by atoms with van der Waals surface area (Å²) in [6, 6.07) is 9.37. The molecule has 2 aromatic rings. The van der Waals surface area contributed by atoms with Gasteiger partial charge < -0.3 is 4.74 Å². The van der Waals surface area contributed by atoms with Gasteiger partial charge in [-0.2, -0.15) is 9.90 Å². The highest BCUT2D eigenvalue weighted by Crippen LogP contribution is 2.04. The first-order valence-electron chi connectivity index (χ1n) is 4.96. The molecular formula is C11H11N3O2. The van der Waals surface area contributed by atoms with Gasteiger partial charge in [-0.05, 0) is 19.1 Å². The van der Waals surface area contributed by atoms with E-state index in [1.807, 2.05) is 30.3 Å². The Kier molecular flexibility index (Phi) is 2.95. The molecule has 0 spiro atoms. The minimum absolute atomic E-state index is 0.214. The summed E-state index contributed by atoms with van der Waals surface area (Å²) in [6.07, 6.45) is 1.39. The SMILES string of the molecule is CCOC(=O)c1cnn(-c2ccccc2)n1. The Morgan fingerprint density at radius 1 is 1.38 bits per heavy atom. The number of carbonyl (C=O) groups excluding carboxylic acids is 1. The zero-order chi connectivity index (χ0) is 11.4. The number of hydrogen-bond acceptors (Lipinski definition) is 4. The number of ether oxygens (including phenoxy) is 1. The molecule has 0 saturated carbocycles. The van der Waals surface area contributed by atoms with Gasteiger partial charge in [-0.15, -0.1) is 5.10 Å². The van der Waals surface area contributed by atoms with Gasteiger partial charge in [0.2, 0.25) is 0 Å². The van der Waals surface area contributed by atoms with Crippen molar-refractivity contribution >= 4 is 5.97 Å². The minimum Gasteiger partial charge on any atom is -0.461 e. The molecule has 0 aliphatic carbocycles. The number of para-hydroxylation sites is 1. The van der Waals surface area contributed by atoms with E-state index in [-0.39, 0.29) is 5.69 Å². The molecule has 0 saturated heterocycles. The molecule has 0 N–H and O–H groups in total. The van der Waals surface area contributed by atoms with Gasteiger partial charge in [-0.3, -0.25) is 0 Å². The predicted octanol–water partition coefficient (Wildman–Crippen LogP) is 1.44. The van der Waals surface area contributed by atoms with Crippen LogP contribution in [0.4, 0.5) is 0 Å². The number of aromatic nitrogens is 3. The zero-order valence-electron chi connectivity index (χ0n) is 8.83. The summed E-state index contributed by atoms with van der Waals surface area (Å²) < 4.78 is 4.82. The molecule has 0 amide bonds. The minimum atomic E-state index is -0.454. The second kappa shape index (κ2) is 4.57. The lowest BCUT2D eigenvalue weighted by atomic mass is 10.3. The second-order valence-electron chi connectivity index (χ2n) is 3.08. The van der Waals surface area contributed by atoms with E-state index in [9.17, 15) is 4.79 Å². The van der Waals surface area contributed by atoms with Crippen molar-refractivity contribution in [2.75, 3.05) is 6.61 Å². The lowest BCUT2D eigenvalue weighted by Crippen LogP contribution is -2.06. The van der Waals surface area contributed by atoms with E-state index in [0.29, 0.717) is 6.61 Å². The van der Waals surface area contributed by atoms with Gasteiger partial charge in [-0.25, -0.2) is 4.79 Å². The van der Waals surface area contributed by atoms with Gasteiger partial charge in [0.25, 0.3) is 0 Å². The Morgan fingerprint density at radius 3 is 2.81 bits per heavy atom. The predicted molar refractivity (Wildman–Crippen MR) is 57.3 cm³/mol. The molecule has 1 heterocycles. The van der Waals surface area contributed by atoms with E-state index in [1.165, 1.54) is 11.0 Å². The van der Waals surface area contributed by atoms with Crippen molar-refractivity contribution in [1.82, 2.24) is 15.0 Å². The van der Waals surface area contributed by atoms with Gasteiger partial charge >= 0.3 is 5.97 Å². The summed E-state index contributed by atoms with van der Waals surface area (Å²) in [5, 5.41) is 8.02. The lowest BCUT2D eigenvalue weighted by Gasteiger charge is -1.98. The molecule has 0 aliphatic heterocycles. The standard InChI is InChI=1S/C11H11N3O2/c1-2-16-11(15)10-8-12-14(13-10)9-6-4-3-5-7-9/h3-8H,2H2,1H3.